The fraction of sp³-hybridized carbons (Fsp3) is 0.458. The Labute approximate surface area is 199 Å². The van der Waals surface area contributed by atoms with Gasteiger partial charge in [0.1, 0.15) is 29.6 Å². The number of fused-ring (bicyclic) bond motifs is 2. The summed E-state index contributed by atoms with van der Waals surface area (Å²) in [6, 6.07) is 5.75. The third-order valence-electron chi connectivity index (χ3n) is 6.10. The number of aliphatic imine (C=N–C) groups is 1. The Bertz CT molecular complexity index is 1090. The summed E-state index contributed by atoms with van der Waals surface area (Å²) in [6.45, 7) is 2.59. The number of methoxy groups -OCH3 is 1. The first kappa shape index (κ1) is 23.6. The minimum Gasteiger partial charge on any atom is -0.496 e. The fourth-order valence-corrected chi connectivity index (χ4v) is 4.27. The zero-order chi connectivity index (χ0) is 24.1. The number of likely N-dealkylation sites (N-methyl/N-ethyl adjacent to an activating group) is 1. The lowest BCUT2D eigenvalue weighted by atomic mass is 10.0. The van der Waals surface area contributed by atoms with E-state index in [2.05, 4.69) is 37.5 Å². The molecule has 3 heterocycles. The van der Waals surface area contributed by atoms with Gasteiger partial charge < -0.3 is 25.2 Å². The van der Waals surface area contributed by atoms with Gasteiger partial charge in [-0.05, 0) is 44.6 Å². The second-order valence-corrected chi connectivity index (χ2v) is 8.67. The Morgan fingerprint density at radius 2 is 1.97 bits per heavy atom. The molecule has 2 bridgehead atoms. The summed E-state index contributed by atoms with van der Waals surface area (Å²) in [5, 5.41) is 5.81. The van der Waals surface area contributed by atoms with Gasteiger partial charge in [0.15, 0.2) is 0 Å². The molecule has 2 amide bonds. The number of rotatable bonds is 1. The van der Waals surface area contributed by atoms with E-state index in [0.29, 0.717) is 43.3 Å². The van der Waals surface area contributed by atoms with E-state index in [9.17, 15) is 9.59 Å². The molecule has 2 aliphatic rings. The summed E-state index contributed by atoms with van der Waals surface area (Å²) in [5.41, 5.74) is 2.44. The van der Waals surface area contributed by atoms with Gasteiger partial charge in [0, 0.05) is 44.9 Å². The molecule has 2 aromatic rings. The molecule has 1 unspecified atom stereocenters. The lowest BCUT2D eigenvalue weighted by Crippen LogP contribution is -2.33. The molecule has 0 saturated carbocycles. The Balaban J connectivity index is 1.68. The standard InChI is InChI=1S/C24H31N7O3/c1-30-10-5-4-6-20(32)25-9-11-31(2)23-21-18(24(33)29-22(21)27-15-28-23)13-26-17-7-8-19(34-3)16(12-17)14-30/h7-8,12-13,15,18H,4-6,9-11,14H2,1-3H3,(H,25,32)(H,27,28,29,33). The molecule has 0 aliphatic carbocycles. The van der Waals surface area contributed by atoms with Crippen LogP contribution in [0.15, 0.2) is 29.5 Å². The summed E-state index contributed by atoms with van der Waals surface area (Å²) in [7, 11) is 5.59. The highest BCUT2D eigenvalue weighted by Gasteiger charge is 2.34. The molecule has 10 nitrogen and oxygen atoms in total. The summed E-state index contributed by atoms with van der Waals surface area (Å²) in [4.78, 5) is 42.5. The van der Waals surface area contributed by atoms with Crippen molar-refractivity contribution >= 4 is 35.4 Å². The van der Waals surface area contributed by atoms with E-state index in [1.807, 2.05) is 30.1 Å². The maximum absolute atomic E-state index is 12.8. The highest BCUT2D eigenvalue weighted by atomic mass is 16.5. The molecule has 180 valence electrons. The zero-order valence-corrected chi connectivity index (χ0v) is 19.9. The van der Waals surface area contributed by atoms with E-state index >= 15 is 0 Å². The van der Waals surface area contributed by atoms with E-state index < -0.39 is 5.92 Å². The van der Waals surface area contributed by atoms with Crippen molar-refractivity contribution in [1.82, 2.24) is 20.2 Å². The average molecular weight is 466 g/mol. The van der Waals surface area contributed by atoms with E-state index in [1.165, 1.54) is 6.33 Å². The second-order valence-electron chi connectivity index (χ2n) is 8.67. The lowest BCUT2D eigenvalue weighted by molar-refractivity contribution is -0.121. The largest absolute Gasteiger partial charge is 0.496 e. The molecule has 0 spiro atoms. The van der Waals surface area contributed by atoms with E-state index in [0.717, 1.165) is 36.4 Å². The van der Waals surface area contributed by atoms with Crippen LogP contribution in [0.5, 0.6) is 5.75 Å². The molecule has 2 aliphatic heterocycles. The second kappa shape index (κ2) is 10.6. The molecule has 10 heteroatoms. The van der Waals surface area contributed by atoms with Gasteiger partial charge in [0.2, 0.25) is 11.8 Å². The van der Waals surface area contributed by atoms with Gasteiger partial charge >= 0.3 is 0 Å². The van der Waals surface area contributed by atoms with Crippen LogP contribution in [0, 0.1) is 0 Å². The van der Waals surface area contributed by atoms with Gasteiger partial charge in [-0.2, -0.15) is 0 Å². The predicted octanol–water partition coefficient (Wildman–Crippen LogP) is 2.09. The van der Waals surface area contributed by atoms with Crippen LogP contribution in [0.2, 0.25) is 0 Å². The number of nitrogens with zero attached hydrogens (tertiary/aromatic N) is 5. The van der Waals surface area contributed by atoms with Gasteiger partial charge in [0.25, 0.3) is 0 Å². The van der Waals surface area contributed by atoms with E-state index in [4.69, 9.17) is 4.74 Å². The first-order valence-electron chi connectivity index (χ1n) is 11.5. The highest BCUT2D eigenvalue weighted by Crippen LogP contribution is 2.36. The molecule has 1 aromatic heterocycles. The summed E-state index contributed by atoms with van der Waals surface area (Å²) >= 11 is 0. The normalized spacial score (nSPS) is 20.0. The van der Waals surface area contributed by atoms with Gasteiger partial charge in [-0.25, -0.2) is 9.97 Å². The minimum absolute atomic E-state index is 0.0399. The summed E-state index contributed by atoms with van der Waals surface area (Å²) < 4.78 is 5.55. The maximum atomic E-state index is 12.8. The van der Waals surface area contributed by atoms with Crippen LogP contribution in [0.4, 0.5) is 17.3 Å². The van der Waals surface area contributed by atoms with Gasteiger partial charge in [-0.3, -0.25) is 14.6 Å². The number of benzene rings is 1. The van der Waals surface area contributed by atoms with Crippen molar-refractivity contribution in [2.75, 3.05) is 51.1 Å². The lowest BCUT2D eigenvalue weighted by Gasteiger charge is -2.21. The van der Waals surface area contributed by atoms with Gasteiger partial charge in [-0.15, -0.1) is 0 Å². The molecular formula is C24H31N7O3. The minimum atomic E-state index is -0.612. The van der Waals surface area contributed by atoms with Crippen LogP contribution in [0.3, 0.4) is 0 Å². The summed E-state index contributed by atoms with van der Waals surface area (Å²) in [5.74, 6) is 1.16. The number of carbonyl (C=O) groups is 2. The average Bonchev–Trinajstić information content (AvgIpc) is 3.15. The smallest absolute Gasteiger partial charge is 0.238 e. The SMILES string of the molecule is COc1ccc2cc1CN(C)CCCCC(=O)NCCN(C)c1ncnc3c1C(C=N2)C(=O)N3. The fourth-order valence-electron chi connectivity index (χ4n) is 4.27. The number of ether oxygens (including phenoxy) is 1. The van der Waals surface area contributed by atoms with Crippen LogP contribution < -0.4 is 20.3 Å². The number of hydrogen-bond acceptors (Lipinski definition) is 8. The van der Waals surface area contributed by atoms with Crippen molar-refractivity contribution in [3.05, 3.63) is 35.7 Å². The van der Waals surface area contributed by atoms with Crippen molar-refractivity contribution in [3.63, 3.8) is 0 Å². The van der Waals surface area contributed by atoms with Crippen LogP contribution in [0.1, 0.15) is 36.3 Å². The van der Waals surface area contributed by atoms with Gasteiger partial charge in [-0.1, -0.05) is 0 Å². The predicted molar refractivity (Wildman–Crippen MR) is 131 cm³/mol. The molecule has 0 saturated heterocycles. The molecule has 4 rings (SSSR count). The Hall–Kier alpha value is -3.53. The van der Waals surface area contributed by atoms with Crippen molar-refractivity contribution in [2.24, 2.45) is 4.99 Å². The van der Waals surface area contributed by atoms with Crippen molar-refractivity contribution in [3.8, 4) is 5.75 Å². The number of hydrogen-bond donors (Lipinski definition) is 2. The van der Waals surface area contributed by atoms with Crippen LogP contribution >= 0.6 is 0 Å². The Kier molecular flexibility index (Phi) is 7.36. The monoisotopic (exact) mass is 465 g/mol. The number of nitrogens with one attached hydrogen (secondary N) is 2. The topological polar surface area (TPSA) is 112 Å². The zero-order valence-electron chi connectivity index (χ0n) is 19.9. The quantitative estimate of drug-likeness (QED) is 0.663. The van der Waals surface area contributed by atoms with Crippen LogP contribution in [-0.2, 0) is 16.1 Å². The van der Waals surface area contributed by atoms with Gasteiger partial charge in [0.05, 0.1) is 18.4 Å². The van der Waals surface area contributed by atoms with Crippen LogP contribution in [-0.4, -0.2) is 73.7 Å². The molecule has 34 heavy (non-hydrogen) atoms. The summed E-state index contributed by atoms with van der Waals surface area (Å²) in [6.07, 6.45) is 5.32. The molecule has 0 radical (unpaired) electrons. The Morgan fingerprint density at radius 1 is 1.12 bits per heavy atom. The number of anilines is 2. The van der Waals surface area contributed by atoms with E-state index in [1.54, 1.807) is 13.3 Å². The first-order valence-corrected chi connectivity index (χ1v) is 11.5. The molecule has 0 fully saturated rings. The third-order valence-corrected chi connectivity index (χ3v) is 6.10. The number of amides is 2. The van der Waals surface area contributed by atoms with E-state index in [-0.39, 0.29) is 11.8 Å². The maximum Gasteiger partial charge on any atom is 0.238 e. The van der Waals surface area contributed by atoms with Crippen molar-refractivity contribution in [1.29, 1.82) is 0 Å². The Morgan fingerprint density at radius 3 is 2.79 bits per heavy atom. The number of carbonyl (C=O) groups excluding carboxylic acids is 2. The van der Waals surface area contributed by atoms with Crippen molar-refractivity contribution in [2.45, 2.75) is 31.7 Å². The molecular weight excluding hydrogens is 434 g/mol. The van der Waals surface area contributed by atoms with Crippen molar-refractivity contribution < 1.29 is 14.3 Å². The number of aromatic nitrogens is 2. The molecule has 1 aromatic carbocycles. The first-order chi connectivity index (χ1) is 16.5. The third kappa shape index (κ3) is 5.33. The highest BCUT2D eigenvalue weighted by molar-refractivity contribution is 6.13. The molecule has 1 atom stereocenters. The van der Waals surface area contributed by atoms with Crippen LogP contribution in [0.25, 0.3) is 0 Å². The molecule has 2 N–H and O–H groups in total.